The Bertz CT molecular complexity index is 198. The number of likely N-dealkylation sites (N-methyl/N-ethyl adjacent to an activating group) is 1. The van der Waals surface area contributed by atoms with Gasteiger partial charge in [0.2, 0.25) is 0 Å². The molecule has 1 saturated carbocycles. The van der Waals surface area contributed by atoms with Gasteiger partial charge in [0.05, 0.1) is 12.1 Å². The van der Waals surface area contributed by atoms with Crippen LogP contribution in [0.25, 0.3) is 0 Å². The summed E-state index contributed by atoms with van der Waals surface area (Å²) in [5, 5.41) is 0. The maximum absolute atomic E-state index is 5.99. The van der Waals surface area contributed by atoms with E-state index in [4.69, 9.17) is 10.5 Å². The first-order chi connectivity index (χ1) is 7.30. The van der Waals surface area contributed by atoms with E-state index in [1.54, 1.807) is 0 Å². The van der Waals surface area contributed by atoms with Gasteiger partial charge >= 0.3 is 0 Å². The highest BCUT2D eigenvalue weighted by atomic mass is 16.5. The second-order valence-electron chi connectivity index (χ2n) is 5.07. The van der Waals surface area contributed by atoms with Gasteiger partial charge in [0.15, 0.2) is 0 Å². The summed E-state index contributed by atoms with van der Waals surface area (Å²) in [4.78, 5) is 2.57. The van der Waals surface area contributed by atoms with Crippen molar-refractivity contribution in [1.82, 2.24) is 4.90 Å². The zero-order valence-corrected chi connectivity index (χ0v) is 9.87. The van der Waals surface area contributed by atoms with Crippen molar-refractivity contribution in [3.05, 3.63) is 0 Å². The highest BCUT2D eigenvalue weighted by molar-refractivity contribution is 4.95. The van der Waals surface area contributed by atoms with Crippen LogP contribution in [0.2, 0.25) is 0 Å². The molecule has 3 heteroatoms. The van der Waals surface area contributed by atoms with Crippen LogP contribution in [0.3, 0.4) is 0 Å². The molecule has 2 fully saturated rings. The third-order valence-electron chi connectivity index (χ3n) is 3.91. The molecule has 1 saturated heterocycles. The number of nitrogens with two attached hydrogens (primary N) is 1. The third kappa shape index (κ3) is 2.52. The van der Waals surface area contributed by atoms with Gasteiger partial charge in [-0.2, -0.15) is 0 Å². The Morgan fingerprint density at radius 1 is 1.47 bits per heavy atom. The van der Waals surface area contributed by atoms with Gasteiger partial charge < -0.3 is 10.5 Å². The molecule has 15 heavy (non-hydrogen) atoms. The summed E-state index contributed by atoms with van der Waals surface area (Å²) in [5.74, 6) is 0.940. The van der Waals surface area contributed by atoms with Crippen molar-refractivity contribution < 1.29 is 4.74 Å². The van der Waals surface area contributed by atoms with Crippen molar-refractivity contribution in [2.75, 3.05) is 32.8 Å². The average Bonchev–Trinajstić information content (AvgIpc) is 3.10. The molecule has 0 aromatic carbocycles. The topological polar surface area (TPSA) is 38.5 Å². The molecule has 0 amide bonds. The molecular weight excluding hydrogens is 188 g/mol. The van der Waals surface area contributed by atoms with E-state index in [1.165, 1.54) is 32.2 Å². The maximum Gasteiger partial charge on any atom is 0.0662 e. The van der Waals surface area contributed by atoms with Crippen LogP contribution >= 0.6 is 0 Å². The first kappa shape index (κ1) is 11.4. The van der Waals surface area contributed by atoms with Crippen molar-refractivity contribution in [3.63, 3.8) is 0 Å². The molecule has 3 nitrogen and oxygen atoms in total. The number of ether oxygens (including phenoxy) is 1. The van der Waals surface area contributed by atoms with Crippen molar-refractivity contribution in [3.8, 4) is 0 Å². The lowest BCUT2D eigenvalue weighted by atomic mass is 9.90. The summed E-state index contributed by atoms with van der Waals surface area (Å²) >= 11 is 0. The van der Waals surface area contributed by atoms with E-state index < -0.39 is 0 Å². The predicted molar refractivity (Wildman–Crippen MR) is 61.8 cm³/mol. The van der Waals surface area contributed by atoms with E-state index in [1.807, 2.05) is 0 Å². The van der Waals surface area contributed by atoms with Crippen LogP contribution in [0.4, 0.5) is 0 Å². The van der Waals surface area contributed by atoms with Crippen LogP contribution in [0.1, 0.15) is 32.6 Å². The Labute approximate surface area is 93.0 Å². The summed E-state index contributed by atoms with van der Waals surface area (Å²) in [6, 6.07) is 0. The molecule has 1 aliphatic carbocycles. The fourth-order valence-electron chi connectivity index (χ4n) is 2.65. The Hall–Kier alpha value is -0.120. The third-order valence-corrected chi connectivity index (χ3v) is 3.91. The molecule has 2 rings (SSSR count). The zero-order valence-electron chi connectivity index (χ0n) is 9.87. The molecule has 0 radical (unpaired) electrons. The minimum Gasteiger partial charge on any atom is -0.379 e. The molecule has 0 spiro atoms. The normalized spacial score (nSPS) is 32.2. The summed E-state index contributed by atoms with van der Waals surface area (Å²) in [7, 11) is 0. The van der Waals surface area contributed by atoms with Crippen molar-refractivity contribution in [2.45, 2.75) is 38.1 Å². The lowest BCUT2D eigenvalue weighted by molar-refractivity contribution is -0.0448. The molecule has 88 valence electrons. The van der Waals surface area contributed by atoms with Gasteiger partial charge in [0.25, 0.3) is 0 Å². The van der Waals surface area contributed by atoms with E-state index in [2.05, 4.69) is 11.8 Å². The van der Waals surface area contributed by atoms with E-state index in [-0.39, 0.29) is 5.54 Å². The number of hydrogen-bond acceptors (Lipinski definition) is 3. The largest absolute Gasteiger partial charge is 0.379 e. The molecule has 1 atom stereocenters. The Kier molecular flexibility index (Phi) is 3.65. The number of hydrogen-bond donors (Lipinski definition) is 1. The SMILES string of the molecule is CCN(CC1CC1)C1(CN)CCCOC1. The fraction of sp³-hybridized carbons (Fsp3) is 1.00. The van der Waals surface area contributed by atoms with Crippen molar-refractivity contribution >= 4 is 0 Å². The van der Waals surface area contributed by atoms with Gasteiger partial charge in [0, 0.05) is 19.7 Å². The van der Waals surface area contributed by atoms with Crippen LogP contribution in [-0.4, -0.2) is 43.3 Å². The molecule has 1 unspecified atom stereocenters. The standard InChI is InChI=1S/C12H24N2O/c1-2-14(8-11-4-5-11)12(9-13)6-3-7-15-10-12/h11H,2-10,13H2,1H3. The smallest absolute Gasteiger partial charge is 0.0662 e. The lowest BCUT2D eigenvalue weighted by Crippen LogP contribution is -2.59. The second kappa shape index (κ2) is 4.81. The van der Waals surface area contributed by atoms with Gasteiger partial charge in [-0.25, -0.2) is 0 Å². The Morgan fingerprint density at radius 3 is 2.73 bits per heavy atom. The highest BCUT2D eigenvalue weighted by Gasteiger charge is 2.39. The van der Waals surface area contributed by atoms with Gasteiger partial charge in [0.1, 0.15) is 0 Å². The summed E-state index contributed by atoms with van der Waals surface area (Å²) < 4.78 is 5.64. The van der Waals surface area contributed by atoms with Crippen LogP contribution in [0.15, 0.2) is 0 Å². The molecule has 0 aromatic rings. The van der Waals surface area contributed by atoms with E-state index in [9.17, 15) is 0 Å². The average molecular weight is 212 g/mol. The molecule has 0 aromatic heterocycles. The summed E-state index contributed by atoms with van der Waals surface area (Å²) in [5.41, 5.74) is 6.14. The number of rotatable bonds is 5. The van der Waals surface area contributed by atoms with Gasteiger partial charge in [-0.3, -0.25) is 4.90 Å². The number of nitrogens with zero attached hydrogens (tertiary/aromatic N) is 1. The molecule has 2 aliphatic rings. The first-order valence-electron chi connectivity index (χ1n) is 6.33. The van der Waals surface area contributed by atoms with Gasteiger partial charge in [-0.15, -0.1) is 0 Å². The van der Waals surface area contributed by atoms with Gasteiger partial charge in [-0.05, 0) is 38.1 Å². The van der Waals surface area contributed by atoms with E-state index in [0.717, 1.165) is 32.2 Å². The first-order valence-corrected chi connectivity index (χ1v) is 6.33. The molecule has 0 bridgehead atoms. The van der Waals surface area contributed by atoms with Crippen LogP contribution in [-0.2, 0) is 4.74 Å². The van der Waals surface area contributed by atoms with Crippen LogP contribution in [0.5, 0.6) is 0 Å². The lowest BCUT2D eigenvalue weighted by Gasteiger charge is -2.45. The van der Waals surface area contributed by atoms with Crippen molar-refractivity contribution in [2.24, 2.45) is 11.7 Å². The Balaban J connectivity index is 1.99. The Morgan fingerprint density at radius 2 is 2.27 bits per heavy atom. The minimum absolute atomic E-state index is 0.148. The molecule has 1 aliphatic heterocycles. The summed E-state index contributed by atoms with van der Waals surface area (Å²) in [6.45, 7) is 7.09. The zero-order chi connectivity index (χ0) is 10.7. The van der Waals surface area contributed by atoms with Crippen molar-refractivity contribution in [1.29, 1.82) is 0 Å². The highest BCUT2D eigenvalue weighted by Crippen LogP contribution is 2.34. The van der Waals surface area contributed by atoms with E-state index in [0.29, 0.717) is 0 Å². The predicted octanol–water partition coefficient (Wildman–Crippen LogP) is 1.23. The summed E-state index contributed by atoms with van der Waals surface area (Å²) in [6.07, 6.45) is 5.21. The molecule has 2 N–H and O–H groups in total. The second-order valence-corrected chi connectivity index (χ2v) is 5.07. The van der Waals surface area contributed by atoms with Gasteiger partial charge in [-0.1, -0.05) is 6.92 Å². The minimum atomic E-state index is 0.148. The van der Waals surface area contributed by atoms with Crippen LogP contribution < -0.4 is 5.73 Å². The monoisotopic (exact) mass is 212 g/mol. The molecule has 1 heterocycles. The maximum atomic E-state index is 5.99. The van der Waals surface area contributed by atoms with Crippen LogP contribution in [0, 0.1) is 5.92 Å². The molecular formula is C12H24N2O. The van der Waals surface area contributed by atoms with E-state index >= 15 is 0 Å². The fourth-order valence-corrected chi connectivity index (χ4v) is 2.65. The quantitative estimate of drug-likeness (QED) is 0.745.